The largest absolute Gasteiger partial charge is 0.298 e. The molecule has 0 N–H and O–H groups in total. The number of carbonyl (C=O) groups is 1. The number of pyridine rings is 1. The second-order valence-electron chi connectivity index (χ2n) is 1.75. The van der Waals surface area contributed by atoms with E-state index in [1.807, 2.05) is 0 Å². The highest BCUT2D eigenvalue weighted by molar-refractivity contribution is 6.36. The third kappa shape index (κ3) is 1.36. The van der Waals surface area contributed by atoms with Crippen LogP contribution in [-0.4, -0.2) is 19.1 Å². The van der Waals surface area contributed by atoms with Crippen LogP contribution in [0.1, 0.15) is 10.4 Å². The Balaban J connectivity index is 3.21. The summed E-state index contributed by atoms with van der Waals surface area (Å²) in [6, 6.07) is 1.42. The fourth-order valence-electron chi connectivity index (χ4n) is 0.557. The van der Waals surface area contributed by atoms with Crippen LogP contribution >= 0.6 is 11.6 Å². The van der Waals surface area contributed by atoms with Crippen LogP contribution in [0.5, 0.6) is 0 Å². The van der Waals surface area contributed by atoms with Crippen LogP contribution in [-0.2, 0) is 0 Å². The number of carbonyl (C=O) groups excluding carboxylic acids is 1. The molecule has 0 amide bonds. The van der Waals surface area contributed by atoms with E-state index in [0.29, 0.717) is 17.3 Å². The lowest BCUT2D eigenvalue weighted by molar-refractivity contribution is 0.112. The molecule has 2 radical (unpaired) electrons. The average molecular weight is 151 g/mol. The first-order chi connectivity index (χ1) is 4.74. The van der Waals surface area contributed by atoms with Gasteiger partial charge in [0.2, 0.25) is 0 Å². The predicted octanol–water partition coefficient (Wildman–Crippen LogP) is 0.341. The zero-order chi connectivity index (χ0) is 7.56. The van der Waals surface area contributed by atoms with E-state index in [1.54, 1.807) is 0 Å². The van der Waals surface area contributed by atoms with E-state index in [-0.39, 0.29) is 5.15 Å². The molecule has 0 aliphatic heterocycles. The summed E-state index contributed by atoms with van der Waals surface area (Å²) in [7, 11) is 5.35. The van der Waals surface area contributed by atoms with Crippen molar-refractivity contribution in [1.29, 1.82) is 0 Å². The summed E-state index contributed by atoms with van der Waals surface area (Å²) >= 11 is 5.47. The molecule has 48 valence electrons. The van der Waals surface area contributed by atoms with Crippen LogP contribution in [0.25, 0.3) is 0 Å². The van der Waals surface area contributed by atoms with E-state index < -0.39 is 0 Å². The van der Waals surface area contributed by atoms with Crippen LogP contribution in [0.3, 0.4) is 0 Å². The molecule has 0 saturated carbocycles. The molecule has 0 bridgehead atoms. The number of halogens is 1. The van der Waals surface area contributed by atoms with Gasteiger partial charge in [-0.1, -0.05) is 17.1 Å². The van der Waals surface area contributed by atoms with Gasteiger partial charge in [0.05, 0.1) is 0 Å². The minimum absolute atomic E-state index is 0.274. The quantitative estimate of drug-likeness (QED) is 0.329. The fraction of sp³-hybridized carbons (Fsp3) is 0. The molecule has 1 aromatic rings. The molecule has 1 rings (SSSR count). The number of aromatic nitrogens is 1. The molecule has 0 unspecified atom stereocenters. The van der Waals surface area contributed by atoms with Crippen LogP contribution in [0.15, 0.2) is 12.3 Å². The van der Waals surface area contributed by atoms with Gasteiger partial charge in [-0.15, -0.1) is 0 Å². The van der Waals surface area contributed by atoms with E-state index in [0.717, 1.165) is 0 Å². The maximum atomic E-state index is 10.2. The van der Waals surface area contributed by atoms with Gasteiger partial charge in [-0.2, -0.15) is 0 Å². The normalized spacial score (nSPS) is 9.30. The molecular weight excluding hydrogens is 148 g/mol. The Labute approximate surface area is 64.6 Å². The molecule has 0 fully saturated rings. The minimum atomic E-state index is 0.274. The van der Waals surface area contributed by atoms with Crippen molar-refractivity contribution in [3.63, 3.8) is 0 Å². The Morgan fingerprint density at radius 1 is 1.70 bits per heavy atom. The smallest absolute Gasteiger partial charge is 0.149 e. The molecule has 0 spiro atoms. The third-order valence-corrected chi connectivity index (χ3v) is 1.27. The van der Waals surface area contributed by atoms with E-state index in [4.69, 9.17) is 19.4 Å². The number of aldehydes is 1. The number of hydrogen-bond donors (Lipinski definition) is 0. The SMILES string of the molecule is [B]c1cnc(Cl)cc1C=O. The van der Waals surface area contributed by atoms with Crippen LogP contribution in [0.2, 0.25) is 5.15 Å². The summed E-state index contributed by atoms with van der Waals surface area (Å²) < 4.78 is 0. The topological polar surface area (TPSA) is 30.0 Å². The molecule has 0 aliphatic rings. The molecule has 2 nitrogen and oxygen atoms in total. The van der Waals surface area contributed by atoms with Gasteiger partial charge in [-0.05, 0) is 6.07 Å². The number of rotatable bonds is 1. The Kier molecular flexibility index (Phi) is 2.07. The van der Waals surface area contributed by atoms with E-state index >= 15 is 0 Å². The first kappa shape index (κ1) is 7.28. The van der Waals surface area contributed by atoms with Gasteiger partial charge in [0.1, 0.15) is 19.3 Å². The van der Waals surface area contributed by atoms with E-state index in [2.05, 4.69) is 4.98 Å². The zero-order valence-corrected chi connectivity index (χ0v) is 5.80. The maximum absolute atomic E-state index is 10.2. The van der Waals surface area contributed by atoms with E-state index in [9.17, 15) is 4.79 Å². The van der Waals surface area contributed by atoms with Crippen molar-refractivity contribution in [1.82, 2.24) is 4.98 Å². The van der Waals surface area contributed by atoms with Crippen molar-refractivity contribution in [3.05, 3.63) is 23.0 Å². The first-order valence-corrected chi connectivity index (χ1v) is 2.98. The highest BCUT2D eigenvalue weighted by Crippen LogP contribution is 2.01. The van der Waals surface area contributed by atoms with Crippen molar-refractivity contribution in [2.24, 2.45) is 0 Å². The summed E-state index contributed by atoms with van der Waals surface area (Å²) in [5.41, 5.74) is 0.722. The van der Waals surface area contributed by atoms with Crippen molar-refractivity contribution in [2.45, 2.75) is 0 Å². The van der Waals surface area contributed by atoms with Crippen molar-refractivity contribution >= 4 is 31.2 Å². The maximum Gasteiger partial charge on any atom is 0.149 e. The van der Waals surface area contributed by atoms with Crippen LogP contribution in [0, 0.1) is 0 Å². The van der Waals surface area contributed by atoms with Crippen LogP contribution in [0.4, 0.5) is 0 Å². The molecule has 4 heteroatoms. The van der Waals surface area contributed by atoms with Gasteiger partial charge in [-0.3, -0.25) is 4.79 Å². The molecule has 1 aromatic heterocycles. The Hall–Kier alpha value is -0.825. The fourth-order valence-corrected chi connectivity index (χ4v) is 0.723. The zero-order valence-electron chi connectivity index (χ0n) is 5.04. The summed E-state index contributed by atoms with van der Waals surface area (Å²) in [5.74, 6) is 0. The molecule has 1 heterocycles. The lowest BCUT2D eigenvalue weighted by atomic mass is 9.94. The summed E-state index contributed by atoms with van der Waals surface area (Å²) in [6.45, 7) is 0. The second-order valence-corrected chi connectivity index (χ2v) is 2.14. The Morgan fingerprint density at radius 3 is 2.90 bits per heavy atom. The Morgan fingerprint density at radius 2 is 2.40 bits per heavy atom. The van der Waals surface area contributed by atoms with Gasteiger partial charge in [-0.25, -0.2) is 4.98 Å². The van der Waals surface area contributed by atoms with Crippen molar-refractivity contribution in [3.8, 4) is 0 Å². The first-order valence-electron chi connectivity index (χ1n) is 2.60. The lowest BCUT2D eigenvalue weighted by Gasteiger charge is -1.95. The molecule has 0 aliphatic carbocycles. The Bertz CT molecular complexity index is 264. The predicted molar refractivity (Wildman–Crippen MR) is 40.0 cm³/mol. The highest BCUT2D eigenvalue weighted by Gasteiger charge is 1.96. The number of hydrogen-bond acceptors (Lipinski definition) is 2. The van der Waals surface area contributed by atoms with Gasteiger partial charge in [0.15, 0.2) is 0 Å². The molecular formula is C6H3BClNO. The van der Waals surface area contributed by atoms with Gasteiger partial charge < -0.3 is 0 Å². The molecule has 0 saturated heterocycles. The monoisotopic (exact) mass is 151 g/mol. The summed E-state index contributed by atoms with van der Waals surface area (Å²) in [4.78, 5) is 13.9. The standard InChI is InChI=1S/C6H3BClNO/c7-5-2-9-6(8)1-4(5)3-10/h1-3H. The van der Waals surface area contributed by atoms with Crippen LogP contribution < -0.4 is 5.46 Å². The highest BCUT2D eigenvalue weighted by atomic mass is 35.5. The second kappa shape index (κ2) is 2.84. The van der Waals surface area contributed by atoms with Gasteiger partial charge in [0.25, 0.3) is 0 Å². The van der Waals surface area contributed by atoms with Crippen molar-refractivity contribution in [2.75, 3.05) is 0 Å². The van der Waals surface area contributed by atoms with E-state index in [1.165, 1.54) is 12.3 Å². The molecule has 10 heavy (non-hydrogen) atoms. The summed E-state index contributed by atoms with van der Waals surface area (Å²) in [6.07, 6.45) is 2.00. The summed E-state index contributed by atoms with van der Waals surface area (Å²) in [5, 5.41) is 0.274. The van der Waals surface area contributed by atoms with Gasteiger partial charge in [0, 0.05) is 11.8 Å². The molecule has 0 atom stereocenters. The lowest BCUT2D eigenvalue weighted by Crippen LogP contribution is -2.09. The van der Waals surface area contributed by atoms with Crippen molar-refractivity contribution < 1.29 is 4.79 Å². The minimum Gasteiger partial charge on any atom is -0.298 e. The average Bonchev–Trinajstić information content (AvgIpc) is 1.94. The number of nitrogens with zero attached hydrogens (tertiary/aromatic N) is 1. The molecule has 0 aromatic carbocycles. The third-order valence-electron chi connectivity index (χ3n) is 1.06. The van der Waals surface area contributed by atoms with Gasteiger partial charge >= 0.3 is 0 Å².